The lowest BCUT2D eigenvalue weighted by molar-refractivity contribution is 0.0937. The minimum Gasteiger partial charge on any atom is -0.348 e. The van der Waals surface area contributed by atoms with E-state index in [9.17, 15) is 4.79 Å². The monoisotopic (exact) mass is 332 g/mol. The molecule has 1 aromatic heterocycles. The molecule has 1 amide bonds. The Balaban J connectivity index is 0.00000110. The van der Waals surface area contributed by atoms with E-state index in [4.69, 9.17) is 5.73 Å². The average Bonchev–Trinajstić information content (AvgIpc) is 3.19. The van der Waals surface area contributed by atoms with E-state index >= 15 is 0 Å². The van der Waals surface area contributed by atoms with Gasteiger partial charge in [-0.2, -0.15) is 0 Å². The van der Waals surface area contributed by atoms with Crippen molar-refractivity contribution in [2.75, 3.05) is 13.1 Å². The van der Waals surface area contributed by atoms with Crippen LogP contribution >= 0.6 is 24.8 Å². The summed E-state index contributed by atoms with van der Waals surface area (Å²) in [5.74, 6) is -0.0141. The smallest absolute Gasteiger partial charge is 0.251 e. The van der Waals surface area contributed by atoms with E-state index in [0.717, 1.165) is 31.2 Å². The molecule has 118 valence electrons. The number of hydrogen-bond donors (Lipinski definition) is 2. The van der Waals surface area contributed by atoms with Gasteiger partial charge in [0.05, 0.1) is 5.69 Å². The predicted molar refractivity (Wildman–Crippen MR) is 87.1 cm³/mol. The van der Waals surface area contributed by atoms with Crippen LogP contribution in [0.4, 0.5) is 0 Å². The zero-order chi connectivity index (χ0) is 13.2. The number of nitrogens with zero attached hydrogens (tertiary/aromatic N) is 2. The Kier molecular flexibility index (Phi) is 6.87. The van der Waals surface area contributed by atoms with Crippen LogP contribution in [0.25, 0.3) is 0 Å². The summed E-state index contributed by atoms with van der Waals surface area (Å²) in [7, 11) is 0. The van der Waals surface area contributed by atoms with Crippen LogP contribution in [0.1, 0.15) is 35.3 Å². The molecule has 3 N–H and O–H groups in total. The molecular formula is C14H22Cl2N4O. The highest BCUT2D eigenvalue weighted by Crippen LogP contribution is 2.29. The number of rotatable bonds is 4. The summed E-state index contributed by atoms with van der Waals surface area (Å²) in [6.45, 7) is 2.46. The molecule has 0 bridgehead atoms. The number of hydrogen-bond acceptors (Lipinski definition) is 4. The lowest BCUT2D eigenvalue weighted by Crippen LogP contribution is -2.37. The van der Waals surface area contributed by atoms with Crippen molar-refractivity contribution in [3.05, 3.63) is 29.6 Å². The largest absolute Gasteiger partial charge is 0.348 e. The molecule has 2 aliphatic rings. The predicted octanol–water partition coefficient (Wildman–Crippen LogP) is 1.35. The molecule has 1 aromatic rings. The summed E-state index contributed by atoms with van der Waals surface area (Å²) < 4.78 is 0. The summed E-state index contributed by atoms with van der Waals surface area (Å²) in [4.78, 5) is 18.8. The van der Waals surface area contributed by atoms with Gasteiger partial charge in [-0.05, 0) is 31.4 Å². The van der Waals surface area contributed by atoms with Gasteiger partial charge in [0, 0.05) is 43.5 Å². The van der Waals surface area contributed by atoms with Crippen LogP contribution in [-0.2, 0) is 6.54 Å². The first kappa shape index (κ1) is 18.2. The second-order valence-corrected chi connectivity index (χ2v) is 5.43. The zero-order valence-corrected chi connectivity index (χ0v) is 13.5. The van der Waals surface area contributed by atoms with Crippen LogP contribution in [-0.4, -0.2) is 41.0 Å². The molecule has 2 fully saturated rings. The van der Waals surface area contributed by atoms with Gasteiger partial charge in [-0.25, -0.2) is 0 Å². The van der Waals surface area contributed by atoms with Gasteiger partial charge in [-0.1, -0.05) is 0 Å². The molecule has 0 spiro atoms. The molecule has 1 saturated heterocycles. The average molecular weight is 333 g/mol. The number of pyridine rings is 1. The minimum atomic E-state index is -0.0141. The van der Waals surface area contributed by atoms with Gasteiger partial charge >= 0.3 is 0 Å². The molecule has 3 rings (SSSR count). The summed E-state index contributed by atoms with van der Waals surface area (Å²) in [5.41, 5.74) is 6.94. The molecule has 1 saturated carbocycles. The maximum atomic E-state index is 12.2. The quantitative estimate of drug-likeness (QED) is 0.873. The summed E-state index contributed by atoms with van der Waals surface area (Å²) in [5, 5.41) is 3.11. The van der Waals surface area contributed by atoms with Gasteiger partial charge in [-0.15, -0.1) is 24.8 Å². The molecule has 1 aliphatic heterocycles. The Morgan fingerprint density at radius 1 is 1.38 bits per heavy atom. The number of nitrogens with two attached hydrogens (primary N) is 1. The third-order valence-electron chi connectivity index (χ3n) is 3.91. The van der Waals surface area contributed by atoms with Gasteiger partial charge in [0.25, 0.3) is 5.91 Å². The van der Waals surface area contributed by atoms with Crippen molar-refractivity contribution in [3.8, 4) is 0 Å². The van der Waals surface area contributed by atoms with Crippen LogP contribution in [0.5, 0.6) is 0 Å². The molecule has 5 nitrogen and oxygen atoms in total. The Labute approximate surface area is 137 Å². The highest BCUT2D eigenvalue weighted by Gasteiger charge is 2.34. The first-order valence-electron chi connectivity index (χ1n) is 6.96. The lowest BCUT2D eigenvalue weighted by Gasteiger charge is -2.15. The van der Waals surface area contributed by atoms with Crippen molar-refractivity contribution in [3.63, 3.8) is 0 Å². The third kappa shape index (κ3) is 4.54. The molecule has 1 aliphatic carbocycles. The highest BCUT2D eigenvalue weighted by molar-refractivity contribution is 5.94. The fraction of sp³-hybridized carbons (Fsp3) is 0.571. The normalized spacial score (nSPS) is 21.3. The van der Waals surface area contributed by atoms with E-state index in [0.29, 0.717) is 12.1 Å². The van der Waals surface area contributed by atoms with Crippen LogP contribution in [0, 0.1) is 0 Å². The molecule has 0 radical (unpaired) electrons. The fourth-order valence-corrected chi connectivity index (χ4v) is 2.68. The molecule has 2 heterocycles. The number of carbonyl (C=O) groups excluding carboxylic acids is 1. The second-order valence-electron chi connectivity index (χ2n) is 5.43. The van der Waals surface area contributed by atoms with Crippen molar-refractivity contribution in [1.82, 2.24) is 15.2 Å². The number of likely N-dealkylation sites (tertiary alicyclic amines) is 1. The van der Waals surface area contributed by atoms with Gasteiger partial charge in [0.15, 0.2) is 0 Å². The Morgan fingerprint density at radius 2 is 2.14 bits per heavy atom. The number of carbonyl (C=O) groups is 1. The first-order chi connectivity index (χ1) is 9.26. The maximum absolute atomic E-state index is 12.2. The van der Waals surface area contributed by atoms with Crippen LogP contribution < -0.4 is 11.1 Å². The zero-order valence-electron chi connectivity index (χ0n) is 11.8. The van der Waals surface area contributed by atoms with Crippen LogP contribution in [0.2, 0.25) is 0 Å². The number of aromatic nitrogens is 1. The van der Waals surface area contributed by atoms with Gasteiger partial charge in [-0.3, -0.25) is 14.7 Å². The Bertz CT molecular complexity index is 482. The minimum absolute atomic E-state index is 0. The van der Waals surface area contributed by atoms with E-state index in [1.165, 1.54) is 12.8 Å². The van der Waals surface area contributed by atoms with E-state index < -0.39 is 0 Å². The number of amides is 1. The molecular weight excluding hydrogens is 311 g/mol. The first-order valence-corrected chi connectivity index (χ1v) is 6.96. The van der Waals surface area contributed by atoms with E-state index in [1.54, 1.807) is 18.3 Å². The van der Waals surface area contributed by atoms with E-state index in [1.807, 2.05) is 0 Å². The molecule has 1 unspecified atom stereocenters. The number of halogens is 2. The van der Waals surface area contributed by atoms with Gasteiger partial charge < -0.3 is 11.1 Å². The third-order valence-corrected chi connectivity index (χ3v) is 3.91. The molecule has 21 heavy (non-hydrogen) atoms. The summed E-state index contributed by atoms with van der Waals surface area (Å²) >= 11 is 0. The van der Waals surface area contributed by atoms with Crippen LogP contribution in [0.15, 0.2) is 18.3 Å². The van der Waals surface area contributed by atoms with Gasteiger partial charge in [0.1, 0.15) is 0 Å². The lowest BCUT2D eigenvalue weighted by atomic mass is 10.2. The summed E-state index contributed by atoms with van der Waals surface area (Å²) in [6, 6.07) is 4.57. The van der Waals surface area contributed by atoms with Crippen LogP contribution in [0.3, 0.4) is 0 Å². The molecule has 0 aromatic carbocycles. The summed E-state index contributed by atoms with van der Waals surface area (Å²) in [6.07, 6.45) is 5.34. The molecule has 7 heteroatoms. The SMILES string of the molecule is Cl.Cl.NCc1cc(C(=O)NC2CCN(C3CC3)C2)ccn1. The van der Waals surface area contributed by atoms with E-state index in [-0.39, 0.29) is 36.8 Å². The fourth-order valence-electron chi connectivity index (χ4n) is 2.68. The van der Waals surface area contributed by atoms with Crippen molar-refractivity contribution in [1.29, 1.82) is 0 Å². The van der Waals surface area contributed by atoms with Crippen molar-refractivity contribution >= 4 is 30.7 Å². The second kappa shape index (κ2) is 7.94. The van der Waals surface area contributed by atoms with Crippen molar-refractivity contribution < 1.29 is 4.79 Å². The van der Waals surface area contributed by atoms with E-state index in [2.05, 4.69) is 15.2 Å². The van der Waals surface area contributed by atoms with Crippen molar-refractivity contribution in [2.45, 2.75) is 37.9 Å². The van der Waals surface area contributed by atoms with Crippen molar-refractivity contribution in [2.24, 2.45) is 5.73 Å². The Hall–Kier alpha value is -0.880. The Morgan fingerprint density at radius 3 is 2.81 bits per heavy atom. The van der Waals surface area contributed by atoms with Gasteiger partial charge in [0.2, 0.25) is 0 Å². The highest BCUT2D eigenvalue weighted by atomic mass is 35.5. The maximum Gasteiger partial charge on any atom is 0.251 e. The molecule has 1 atom stereocenters. The topological polar surface area (TPSA) is 71.2 Å². The number of nitrogens with one attached hydrogen (secondary N) is 1. The standard InChI is InChI=1S/C14H20N4O.2ClH/c15-8-12-7-10(3-5-16-12)14(19)17-11-4-6-18(9-11)13-1-2-13;;/h3,5,7,11,13H,1-2,4,6,8-9,15H2,(H,17,19);2*1H.